The van der Waals surface area contributed by atoms with Gasteiger partial charge in [-0.2, -0.15) is 0 Å². The number of aromatic nitrogens is 2. The van der Waals surface area contributed by atoms with E-state index in [0.717, 1.165) is 14.4 Å². The van der Waals surface area contributed by atoms with Crippen molar-refractivity contribution in [2.24, 2.45) is 0 Å². The maximum Gasteiger partial charge on any atom is 0.330 e. The number of esters is 1. The largest absolute Gasteiger partial charge is 0.459 e. The van der Waals surface area contributed by atoms with E-state index in [9.17, 15) is 4.79 Å². The summed E-state index contributed by atoms with van der Waals surface area (Å²) in [6, 6.07) is 0. The van der Waals surface area contributed by atoms with Crippen molar-refractivity contribution in [3.05, 3.63) is 12.7 Å². The number of carbonyl (C=O) groups excluding carboxylic acids is 1. The fourth-order valence-corrected chi connectivity index (χ4v) is 4.33. The van der Waals surface area contributed by atoms with Crippen LogP contribution in [-0.4, -0.2) is 33.8 Å². The third-order valence-corrected chi connectivity index (χ3v) is 5.79. The first kappa shape index (κ1) is 17.5. The van der Waals surface area contributed by atoms with E-state index in [1.54, 1.807) is 34.9 Å². The van der Waals surface area contributed by atoms with E-state index < -0.39 is 0 Å². The highest BCUT2D eigenvalue weighted by molar-refractivity contribution is 8.03. The number of thioether (sulfide) groups is 2. The Balaban J connectivity index is 2.25. The molecule has 0 aromatic carbocycles. The summed E-state index contributed by atoms with van der Waals surface area (Å²) >= 11 is 4.93. The molecular weight excluding hydrogens is 312 g/mol. The normalized spacial score (nSPS) is 12.1. The highest BCUT2D eigenvalue weighted by Crippen LogP contribution is 2.29. The molecule has 0 fully saturated rings. The Morgan fingerprint density at radius 2 is 2.10 bits per heavy atom. The first-order valence-electron chi connectivity index (χ1n) is 6.57. The van der Waals surface area contributed by atoms with Gasteiger partial charge in [0.2, 0.25) is 0 Å². The van der Waals surface area contributed by atoms with Gasteiger partial charge >= 0.3 is 5.97 Å². The Morgan fingerprint density at radius 3 is 2.75 bits per heavy atom. The lowest BCUT2D eigenvalue weighted by Gasteiger charge is -2.09. The molecule has 0 aliphatic heterocycles. The second kappa shape index (κ2) is 10.2. The predicted molar refractivity (Wildman–Crippen MR) is 86.6 cm³/mol. The van der Waals surface area contributed by atoms with Gasteiger partial charge in [-0.3, -0.25) is 0 Å². The second-order valence-corrected chi connectivity index (χ2v) is 7.74. The molecule has 0 aliphatic carbocycles. The lowest BCUT2D eigenvalue weighted by atomic mass is 10.3. The van der Waals surface area contributed by atoms with Crippen LogP contribution in [0.25, 0.3) is 0 Å². The fraction of sp³-hybridized carbons (Fsp3) is 0.615. The van der Waals surface area contributed by atoms with Gasteiger partial charge in [-0.1, -0.05) is 61.2 Å². The van der Waals surface area contributed by atoms with Gasteiger partial charge in [0, 0.05) is 17.6 Å². The number of ether oxygens (including phenoxy) is 1. The van der Waals surface area contributed by atoms with Crippen molar-refractivity contribution in [3.63, 3.8) is 0 Å². The van der Waals surface area contributed by atoms with Gasteiger partial charge < -0.3 is 4.74 Å². The minimum Gasteiger partial charge on any atom is -0.459 e. The highest BCUT2D eigenvalue weighted by Gasteiger charge is 2.10. The Morgan fingerprint density at radius 1 is 1.40 bits per heavy atom. The smallest absolute Gasteiger partial charge is 0.330 e. The average Bonchev–Trinajstić information content (AvgIpc) is 2.89. The van der Waals surface area contributed by atoms with Crippen LogP contribution >= 0.6 is 34.9 Å². The van der Waals surface area contributed by atoms with Crippen LogP contribution in [0, 0.1) is 0 Å². The standard InChI is InChI=1S/C13H20N2O2S3/c1-4-6-7-8-18-12-14-15-13(20-12)19-9-10(3)17-11(16)5-2/h5,10H,2,4,6-9H2,1,3H3. The summed E-state index contributed by atoms with van der Waals surface area (Å²) in [7, 11) is 0. The first-order valence-corrected chi connectivity index (χ1v) is 9.36. The molecule has 1 heterocycles. The Bertz CT molecular complexity index is 424. The molecule has 0 amide bonds. The monoisotopic (exact) mass is 332 g/mol. The minimum absolute atomic E-state index is 0.157. The molecule has 112 valence electrons. The molecule has 1 atom stereocenters. The fourth-order valence-electron chi connectivity index (χ4n) is 1.29. The number of hydrogen-bond donors (Lipinski definition) is 0. The molecule has 0 aliphatic rings. The van der Waals surface area contributed by atoms with Crippen molar-refractivity contribution in [2.75, 3.05) is 11.5 Å². The quantitative estimate of drug-likeness (QED) is 0.279. The van der Waals surface area contributed by atoms with Gasteiger partial charge in [0.25, 0.3) is 0 Å². The molecule has 20 heavy (non-hydrogen) atoms. The molecule has 1 rings (SSSR count). The van der Waals surface area contributed by atoms with Crippen LogP contribution < -0.4 is 0 Å². The summed E-state index contributed by atoms with van der Waals surface area (Å²) in [6.07, 6.45) is 4.74. The summed E-state index contributed by atoms with van der Waals surface area (Å²) in [5.74, 6) is 1.39. The number of carbonyl (C=O) groups is 1. The average molecular weight is 333 g/mol. The molecule has 7 heteroatoms. The molecule has 4 nitrogen and oxygen atoms in total. The van der Waals surface area contributed by atoms with Gasteiger partial charge in [-0.25, -0.2) is 4.79 Å². The maximum absolute atomic E-state index is 11.0. The van der Waals surface area contributed by atoms with Crippen molar-refractivity contribution in [1.82, 2.24) is 10.2 Å². The van der Waals surface area contributed by atoms with Crippen LogP contribution in [0.5, 0.6) is 0 Å². The van der Waals surface area contributed by atoms with Gasteiger partial charge in [-0.15, -0.1) is 10.2 Å². The maximum atomic E-state index is 11.0. The summed E-state index contributed by atoms with van der Waals surface area (Å²) in [5.41, 5.74) is 0. The van der Waals surface area contributed by atoms with E-state index in [1.807, 2.05) is 6.92 Å². The lowest BCUT2D eigenvalue weighted by Crippen LogP contribution is -2.15. The Labute approximate surface area is 132 Å². The molecule has 1 unspecified atom stereocenters. The number of hydrogen-bond acceptors (Lipinski definition) is 7. The molecule has 1 aromatic heterocycles. The second-order valence-electron chi connectivity index (χ2n) is 4.15. The summed E-state index contributed by atoms with van der Waals surface area (Å²) < 4.78 is 7.03. The van der Waals surface area contributed by atoms with E-state index >= 15 is 0 Å². The number of unbranched alkanes of at least 4 members (excludes halogenated alkanes) is 2. The summed E-state index contributed by atoms with van der Waals surface area (Å²) in [4.78, 5) is 11.0. The molecular formula is C13H20N2O2S3. The van der Waals surface area contributed by atoms with Crippen LogP contribution in [-0.2, 0) is 9.53 Å². The molecule has 0 spiro atoms. The Hall–Kier alpha value is -0.530. The zero-order valence-corrected chi connectivity index (χ0v) is 14.3. The summed E-state index contributed by atoms with van der Waals surface area (Å²) in [5, 5.41) is 8.29. The van der Waals surface area contributed by atoms with Crippen LogP contribution in [0.3, 0.4) is 0 Å². The van der Waals surface area contributed by atoms with E-state index in [-0.39, 0.29) is 12.1 Å². The lowest BCUT2D eigenvalue weighted by molar-refractivity contribution is -0.141. The SMILES string of the molecule is C=CC(=O)OC(C)CSc1nnc(SCCCCC)s1. The molecule has 0 radical (unpaired) electrons. The third kappa shape index (κ3) is 7.31. The van der Waals surface area contributed by atoms with E-state index in [2.05, 4.69) is 23.7 Å². The van der Waals surface area contributed by atoms with Gasteiger partial charge in [-0.05, 0) is 13.3 Å². The molecule has 1 aromatic rings. The number of rotatable bonds is 10. The van der Waals surface area contributed by atoms with Crippen LogP contribution in [0.2, 0.25) is 0 Å². The van der Waals surface area contributed by atoms with Crippen LogP contribution in [0.15, 0.2) is 21.3 Å². The van der Waals surface area contributed by atoms with Gasteiger partial charge in [0.1, 0.15) is 6.10 Å². The van der Waals surface area contributed by atoms with Crippen molar-refractivity contribution in [3.8, 4) is 0 Å². The van der Waals surface area contributed by atoms with Crippen molar-refractivity contribution in [2.45, 2.75) is 47.9 Å². The van der Waals surface area contributed by atoms with Crippen molar-refractivity contribution in [1.29, 1.82) is 0 Å². The topological polar surface area (TPSA) is 52.1 Å². The summed E-state index contributed by atoms with van der Waals surface area (Å²) in [6.45, 7) is 7.43. The van der Waals surface area contributed by atoms with Crippen molar-refractivity contribution >= 4 is 40.8 Å². The zero-order valence-electron chi connectivity index (χ0n) is 11.8. The van der Waals surface area contributed by atoms with Crippen molar-refractivity contribution < 1.29 is 9.53 Å². The first-order chi connectivity index (χ1) is 9.65. The van der Waals surface area contributed by atoms with Gasteiger partial charge in [0.05, 0.1) is 0 Å². The van der Waals surface area contributed by atoms with E-state index in [4.69, 9.17) is 4.74 Å². The van der Waals surface area contributed by atoms with E-state index in [1.165, 1.54) is 25.3 Å². The minimum atomic E-state index is -0.387. The zero-order chi connectivity index (χ0) is 14.8. The molecule has 0 saturated heterocycles. The highest BCUT2D eigenvalue weighted by atomic mass is 32.2. The van der Waals surface area contributed by atoms with E-state index in [0.29, 0.717) is 5.75 Å². The third-order valence-electron chi connectivity index (χ3n) is 2.29. The van der Waals surface area contributed by atoms with Crippen LogP contribution in [0.1, 0.15) is 33.1 Å². The molecule has 0 N–H and O–H groups in total. The predicted octanol–water partition coefficient (Wildman–Crippen LogP) is 4.03. The van der Waals surface area contributed by atoms with Gasteiger partial charge in [0.15, 0.2) is 8.68 Å². The molecule has 0 bridgehead atoms. The Kier molecular flexibility index (Phi) is 8.97. The number of nitrogens with zero attached hydrogens (tertiary/aromatic N) is 2. The molecule has 0 saturated carbocycles. The van der Waals surface area contributed by atoms with Crippen LogP contribution in [0.4, 0.5) is 0 Å².